The van der Waals surface area contributed by atoms with Gasteiger partial charge in [0.15, 0.2) is 11.9 Å². The van der Waals surface area contributed by atoms with Gasteiger partial charge in [0.1, 0.15) is 0 Å². The van der Waals surface area contributed by atoms with Crippen molar-refractivity contribution < 1.29 is 14.3 Å². The number of benzene rings is 1. The summed E-state index contributed by atoms with van der Waals surface area (Å²) >= 11 is 4.73. The molecule has 0 radical (unpaired) electrons. The van der Waals surface area contributed by atoms with Crippen LogP contribution < -0.4 is 5.32 Å². The summed E-state index contributed by atoms with van der Waals surface area (Å²) in [6.45, 7) is 6.28. The minimum Gasteiger partial charge on any atom is -0.467 e. The van der Waals surface area contributed by atoms with Crippen LogP contribution in [0.2, 0.25) is 0 Å². The number of halogens is 1. The van der Waals surface area contributed by atoms with E-state index >= 15 is 0 Å². The summed E-state index contributed by atoms with van der Waals surface area (Å²) < 4.78 is 5.70. The Morgan fingerprint density at radius 2 is 1.70 bits per heavy atom. The van der Waals surface area contributed by atoms with E-state index < -0.39 is 12.0 Å². The summed E-state index contributed by atoms with van der Waals surface area (Å²) in [6.07, 6.45) is 3.33. The summed E-state index contributed by atoms with van der Waals surface area (Å²) in [5.41, 5.74) is 1.37. The Bertz CT molecular complexity index is 1040. The van der Waals surface area contributed by atoms with Crippen molar-refractivity contribution in [2.45, 2.75) is 32.2 Å². The number of esters is 1. The smallest absolute Gasteiger partial charge is 0.333 e. The van der Waals surface area contributed by atoms with Crippen LogP contribution in [0.15, 0.2) is 53.3 Å². The van der Waals surface area contributed by atoms with Crippen molar-refractivity contribution in [2.24, 2.45) is 0 Å². The molecule has 8 heteroatoms. The predicted molar refractivity (Wildman–Crippen MR) is 120 cm³/mol. The highest BCUT2D eigenvalue weighted by atomic mass is 79.9. The quantitative estimate of drug-likeness (QED) is 0.517. The zero-order valence-electron chi connectivity index (χ0n) is 17.1. The van der Waals surface area contributed by atoms with Gasteiger partial charge >= 0.3 is 5.97 Å². The maximum atomic E-state index is 12.8. The largest absolute Gasteiger partial charge is 0.467 e. The molecule has 0 saturated heterocycles. The van der Waals surface area contributed by atoms with Gasteiger partial charge in [-0.3, -0.25) is 4.79 Å². The maximum absolute atomic E-state index is 12.8. The molecule has 1 aromatic carbocycles. The number of rotatable bonds is 5. The normalized spacial score (nSPS) is 12.3. The van der Waals surface area contributed by atoms with E-state index in [0.29, 0.717) is 16.3 Å². The maximum Gasteiger partial charge on any atom is 0.333 e. The molecule has 0 spiro atoms. The van der Waals surface area contributed by atoms with Gasteiger partial charge in [-0.15, -0.1) is 11.3 Å². The molecular formula is C22H22BrN3O3S. The highest BCUT2D eigenvalue weighted by Crippen LogP contribution is 2.30. The van der Waals surface area contributed by atoms with Gasteiger partial charge in [-0.25, -0.2) is 14.8 Å². The summed E-state index contributed by atoms with van der Waals surface area (Å²) in [5, 5.41) is 2.79. The van der Waals surface area contributed by atoms with Gasteiger partial charge < -0.3 is 10.1 Å². The molecule has 0 aliphatic heterocycles. The zero-order chi connectivity index (χ0) is 21.9. The van der Waals surface area contributed by atoms with Crippen LogP contribution in [0.3, 0.4) is 0 Å². The number of carbonyl (C=O) groups excluding carboxylic acids is 2. The number of ether oxygens (including phenoxy) is 1. The van der Waals surface area contributed by atoms with Crippen molar-refractivity contribution in [3.05, 3.63) is 68.6 Å². The molecule has 2 aromatic heterocycles. The number of carbonyl (C=O) groups is 2. The third-order valence-corrected chi connectivity index (χ3v) is 6.32. The molecule has 1 amide bonds. The summed E-state index contributed by atoms with van der Waals surface area (Å²) in [5.74, 6) is -0.286. The average molecular weight is 488 g/mol. The first kappa shape index (κ1) is 22.1. The molecule has 0 saturated carbocycles. The third-order valence-electron chi connectivity index (χ3n) is 4.40. The van der Waals surface area contributed by atoms with E-state index in [0.717, 1.165) is 14.9 Å². The van der Waals surface area contributed by atoms with Crippen LogP contribution in [-0.2, 0) is 14.9 Å². The first-order valence-corrected chi connectivity index (χ1v) is 10.9. The fourth-order valence-electron chi connectivity index (χ4n) is 2.75. The average Bonchev–Trinajstić information content (AvgIpc) is 3.23. The zero-order valence-corrected chi connectivity index (χ0v) is 19.5. The van der Waals surface area contributed by atoms with Crippen LogP contribution >= 0.6 is 27.3 Å². The molecule has 6 nitrogen and oxygen atoms in total. The second kappa shape index (κ2) is 9.06. The Kier molecular flexibility index (Phi) is 6.67. The van der Waals surface area contributed by atoms with Crippen molar-refractivity contribution in [2.75, 3.05) is 7.11 Å². The highest BCUT2D eigenvalue weighted by molar-refractivity contribution is 9.10. The molecule has 156 valence electrons. The lowest BCUT2D eigenvalue weighted by Crippen LogP contribution is -2.34. The molecule has 1 atom stereocenters. The Morgan fingerprint density at radius 3 is 2.23 bits per heavy atom. The number of nitrogens with one attached hydrogen (secondary N) is 1. The monoisotopic (exact) mass is 487 g/mol. The minimum atomic E-state index is -0.914. The van der Waals surface area contributed by atoms with Crippen LogP contribution in [0, 0.1) is 0 Å². The molecule has 0 bridgehead atoms. The number of nitrogens with zero attached hydrogens (tertiary/aromatic N) is 2. The molecule has 0 aliphatic carbocycles. The second-order valence-electron chi connectivity index (χ2n) is 7.69. The molecule has 3 rings (SSSR count). The number of methoxy groups -OCH3 is 1. The molecule has 0 fully saturated rings. The van der Waals surface area contributed by atoms with E-state index in [-0.39, 0.29) is 11.3 Å². The molecular weight excluding hydrogens is 466 g/mol. The molecule has 3 aromatic rings. The lowest BCUT2D eigenvalue weighted by atomic mass is 9.95. The number of thiophene rings is 1. The fraction of sp³-hybridized carbons (Fsp3) is 0.273. The first-order chi connectivity index (χ1) is 14.2. The SMILES string of the molecule is COC(=O)C(NC(=O)c1ccc(C(C)(C)C)s1)c1ccc(-c2ncc(Br)cn2)cc1. The van der Waals surface area contributed by atoms with E-state index in [4.69, 9.17) is 4.74 Å². The van der Waals surface area contributed by atoms with Crippen LogP contribution in [-0.4, -0.2) is 29.0 Å². The van der Waals surface area contributed by atoms with Gasteiger partial charge in [-0.05, 0) is 39.0 Å². The second-order valence-corrected chi connectivity index (χ2v) is 9.69. The Hall–Kier alpha value is -2.58. The molecule has 1 unspecified atom stereocenters. The molecule has 0 aliphatic rings. The number of aromatic nitrogens is 2. The van der Waals surface area contributed by atoms with Gasteiger partial charge in [-0.2, -0.15) is 0 Å². The van der Waals surface area contributed by atoms with Crippen LogP contribution in [0.25, 0.3) is 11.4 Å². The van der Waals surface area contributed by atoms with Crippen molar-refractivity contribution in [1.82, 2.24) is 15.3 Å². The van der Waals surface area contributed by atoms with Gasteiger partial charge in [-0.1, -0.05) is 45.0 Å². The molecule has 30 heavy (non-hydrogen) atoms. The van der Waals surface area contributed by atoms with E-state index in [9.17, 15) is 9.59 Å². The third kappa shape index (κ3) is 5.12. The van der Waals surface area contributed by atoms with E-state index in [1.54, 1.807) is 30.6 Å². The van der Waals surface area contributed by atoms with Crippen LogP contribution in [0.5, 0.6) is 0 Å². The lowest BCUT2D eigenvalue weighted by molar-refractivity contribution is -0.143. The van der Waals surface area contributed by atoms with Gasteiger partial charge in [0, 0.05) is 22.8 Å². The topological polar surface area (TPSA) is 81.2 Å². The summed E-state index contributed by atoms with van der Waals surface area (Å²) in [6, 6.07) is 9.95. The number of hydrogen-bond donors (Lipinski definition) is 1. The van der Waals surface area contributed by atoms with E-state index in [1.807, 2.05) is 18.2 Å². The van der Waals surface area contributed by atoms with Crippen molar-refractivity contribution in [3.63, 3.8) is 0 Å². The highest BCUT2D eigenvalue weighted by Gasteiger charge is 2.26. The van der Waals surface area contributed by atoms with Gasteiger partial charge in [0.25, 0.3) is 5.91 Å². The fourth-order valence-corrected chi connectivity index (χ4v) is 3.92. The Labute approximate surface area is 187 Å². The van der Waals surface area contributed by atoms with Crippen molar-refractivity contribution in [3.8, 4) is 11.4 Å². The summed E-state index contributed by atoms with van der Waals surface area (Å²) in [7, 11) is 1.30. The Balaban J connectivity index is 1.82. The Morgan fingerprint density at radius 1 is 1.07 bits per heavy atom. The van der Waals surface area contributed by atoms with Crippen LogP contribution in [0.4, 0.5) is 0 Å². The van der Waals surface area contributed by atoms with Crippen LogP contribution in [0.1, 0.15) is 46.9 Å². The predicted octanol–water partition coefficient (Wildman–Crippen LogP) is 4.91. The van der Waals surface area contributed by atoms with Gasteiger partial charge in [0.2, 0.25) is 0 Å². The van der Waals surface area contributed by atoms with Crippen molar-refractivity contribution in [1.29, 1.82) is 0 Å². The number of hydrogen-bond acceptors (Lipinski definition) is 6. The lowest BCUT2D eigenvalue weighted by Gasteiger charge is -2.17. The minimum absolute atomic E-state index is 0.0458. The summed E-state index contributed by atoms with van der Waals surface area (Å²) in [4.78, 5) is 35.3. The van der Waals surface area contributed by atoms with Crippen molar-refractivity contribution >= 4 is 39.1 Å². The van der Waals surface area contributed by atoms with E-state index in [2.05, 4.69) is 52.0 Å². The standard InChI is InChI=1S/C22H22BrN3O3S/c1-22(2,3)17-10-9-16(30-17)20(27)26-18(21(28)29-4)13-5-7-14(8-6-13)19-24-11-15(23)12-25-19/h5-12,18H,1-4H3,(H,26,27). The van der Waals surface area contributed by atoms with E-state index in [1.165, 1.54) is 18.4 Å². The first-order valence-electron chi connectivity index (χ1n) is 9.26. The number of amides is 1. The molecule has 1 N–H and O–H groups in total. The van der Waals surface area contributed by atoms with Gasteiger partial charge in [0.05, 0.1) is 16.5 Å². The molecule has 2 heterocycles.